The largest absolute Gasteiger partial charge is 0.292 e. The second-order valence-electron chi connectivity index (χ2n) is 7.46. The monoisotopic (exact) mass is 498 g/mol. The summed E-state index contributed by atoms with van der Waals surface area (Å²) < 4.78 is 13.4. The molecule has 3 aromatic carbocycles. The fourth-order valence-corrected chi connectivity index (χ4v) is 4.20. The van der Waals surface area contributed by atoms with Crippen LogP contribution in [0.25, 0.3) is 0 Å². The lowest BCUT2D eigenvalue weighted by Gasteiger charge is -2.36. The van der Waals surface area contributed by atoms with Gasteiger partial charge in [-0.1, -0.05) is 35.9 Å². The van der Waals surface area contributed by atoms with Gasteiger partial charge in [0.25, 0.3) is 17.7 Å². The number of halogens is 3. The lowest BCUT2D eigenvalue weighted by Crippen LogP contribution is -2.57. The van der Waals surface area contributed by atoms with Crippen LogP contribution in [0.4, 0.5) is 4.39 Å². The SMILES string of the molecule is O=C(c1ccc(F)cc1)[C@H](CCCl)N(C(=O)c1ccccc1Cl)N1C(=O)c2ccccc2C1=O. The first-order valence-electron chi connectivity index (χ1n) is 10.3. The van der Waals surface area contributed by atoms with Gasteiger partial charge in [-0.05, 0) is 55.0 Å². The molecule has 6 nitrogen and oxygen atoms in total. The average Bonchev–Trinajstić information content (AvgIpc) is 3.09. The summed E-state index contributed by atoms with van der Waals surface area (Å²) in [6.45, 7) is 0. The Morgan fingerprint density at radius 1 is 0.882 bits per heavy atom. The summed E-state index contributed by atoms with van der Waals surface area (Å²) in [5, 5.41) is 1.56. The van der Waals surface area contributed by atoms with E-state index in [1.165, 1.54) is 36.4 Å². The standard InChI is InChI=1S/C25H17Cl2FN2O4/c26-14-13-21(22(31)15-9-11-16(28)12-10-15)29(25(34)19-7-3-4-8-20(19)27)30-23(32)17-5-1-2-6-18(17)24(30)33/h1-12,21H,13-14H2/t21-/m0/s1. The summed E-state index contributed by atoms with van der Waals surface area (Å²) in [5.41, 5.74) is 0.281. The van der Waals surface area contributed by atoms with E-state index < -0.39 is 35.4 Å². The molecule has 0 aliphatic carbocycles. The maximum Gasteiger partial charge on any atom is 0.280 e. The smallest absolute Gasteiger partial charge is 0.280 e. The highest BCUT2D eigenvalue weighted by molar-refractivity contribution is 6.34. The number of Topliss-reactive ketones (excluding diaryl/α,β-unsaturated/α-hetero) is 1. The van der Waals surface area contributed by atoms with Crippen molar-refractivity contribution in [1.82, 2.24) is 10.0 Å². The quantitative estimate of drug-likeness (QED) is 0.260. The van der Waals surface area contributed by atoms with Gasteiger partial charge < -0.3 is 0 Å². The molecule has 4 rings (SSSR count). The molecule has 0 saturated carbocycles. The Balaban J connectivity index is 1.86. The number of benzene rings is 3. The number of hydrazine groups is 1. The summed E-state index contributed by atoms with van der Waals surface area (Å²) in [4.78, 5) is 53.8. The molecule has 0 saturated heterocycles. The topological polar surface area (TPSA) is 74.8 Å². The third kappa shape index (κ3) is 4.20. The summed E-state index contributed by atoms with van der Waals surface area (Å²) in [6, 6.07) is 15.6. The number of ketones is 1. The van der Waals surface area contributed by atoms with Gasteiger partial charge in [0.15, 0.2) is 5.78 Å². The van der Waals surface area contributed by atoms with Crippen molar-refractivity contribution >= 4 is 46.7 Å². The molecule has 0 aromatic heterocycles. The van der Waals surface area contributed by atoms with E-state index in [9.17, 15) is 23.6 Å². The number of hydrogen-bond acceptors (Lipinski definition) is 4. The number of fused-ring (bicyclic) bond motifs is 1. The van der Waals surface area contributed by atoms with Gasteiger partial charge in [0.05, 0.1) is 21.7 Å². The van der Waals surface area contributed by atoms with Gasteiger partial charge in [-0.25, -0.2) is 9.40 Å². The molecule has 34 heavy (non-hydrogen) atoms. The highest BCUT2D eigenvalue weighted by Gasteiger charge is 2.46. The van der Waals surface area contributed by atoms with Crippen LogP contribution in [0.15, 0.2) is 72.8 Å². The number of rotatable bonds is 7. The zero-order valence-corrected chi connectivity index (χ0v) is 19.1. The number of amides is 3. The number of alkyl halides is 1. The zero-order valence-electron chi connectivity index (χ0n) is 17.6. The van der Waals surface area contributed by atoms with E-state index in [0.717, 1.165) is 17.1 Å². The molecule has 1 aliphatic rings. The molecule has 1 heterocycles. The van der Waals surface area contributed by atoms with Gasteiger partial charge in [0, 0.05) is 11.4 Å². The summed E-state index contributed by atoms with van der Waals surface area (Å²) in [6.07, 6.45) is -0.0820. The molecule has 0 spiro atoms. The van der Waals surface area contributed by atoms with E-state index in [2.05, 4.69) is 0 Å². The molecule has 0 unspecified atom stereocenters. The first-order valence-corrected chi connectivity index (χ1v) is 11.2. The molecule has 0 bridgehead atoms. The van der Waals surface area contributed by atoms with Crippen molar-refractivity contribution < 1.29 is 23.6 Å². The van der Waals surface area contributed by atoms with Gasteiger partial charge in [-0.2, -0.15) is 5.01 Å². The normalized spacial score (nSPS) is 13.6. The second kappa shape index (κ2) is 9.75. The molecule has 0 N–H and O–H groups in total. The van der Waals surface area contributed by atoms with Crippen LogP contribution in [0.2, 0.25) is 5.02 Å². The minimum atomic E-state index is -1.34. The molecule has 9 heteroatoms. The lowest BCUT2D eigenvalue weighted by atomic mass is 10.0. The maximum atomic E-state index is 13.7. The zero-order chi connectivity index (χ0) is 24.4. The highest BCUT2D eigenvalue weighted by Crippen LogP contribution is 2.30. The Kier molecular flexibility index (Phi) is 6.77. The van der Waals surface area contributed by atoms with Crippen LogP contribution in [0.3, 0.4) is 0 Å². The number of carbonyl (C=O) groups excluding carboxylic acids is 4. The van der Waals surface area contributed by atoms with Crippen LogP contribution in [-0.4, -0.2) is 45.4 Å². The van der Waals surface area contributed by atoms with Crippen molar-refractivity contribution in [1.29, 1.82) is 0 Å². The first kappa shape index (κ1) is 23.6. The van der Waals surface area contributed by atoms with Crippen LogP contribution >= 0.6 is 23.2 Å². The maximum absolute atomic E-state index is 13.7. The molecule has 3 amide bonds. The number of imide groups is 1. The molecule has 1 aliphatic heterocycles. The van der Waals surface area contributed by atoms with Crippen LogP contribution in [0.5, 0.6) is 0 Å². The third-order valence-electron chi connectivity index (χ3n) is 5.41. The number of hydrogen-bond donors (Lipinski definition) is 0. The minimum Gasteiger partial charge on any atom is -0.292 e. The Hall–Kier alpha value is -3.55. The van der Waals surface area contributed by atoms with Gasteiger partial charge in [0.1, 0.15) is 11.9 Å². The Bertz CT molecular complexity index is 1260. The molecule has 3 aromatic rings. The fourth-order valence-electron chi connectivity index (χ4n) is 3.78. The van der Waals surface area contributed by atoms with Crippen molar-refractivity contribution in [3.05, 3.63) is 106 Å². The minimum absolute atomic E-state index is 0.00722. The van der Waals surface area contributed by atoms with Crippen molar-refractivity contribution in [3.8, 4) is 0 Å². The van der Waals surface area contributed by atoms with Gasteiger partial charge >= 0.3 is 0 Å². The van der Waals surface area contributed by atoms with Crippen molar-refractivity contribution in [3.63, 3.8) is 0 Å². The van der Waals surface area contributed by atoms with Crippen LogP contribution < -0.4 is 0 Å². The van der Waals surface area contributed by atoms with E-state index in [-0.39, 0.29) is 39.6 Å². The van der Waals surface area contributed by atoms with Crippen molar-refractivity contribution in [2.24, 2.45) is 0 Å². The highest BCUT2D eigenvalue weighted by atomic mass is 35.5. The fraction of sp³-hybridized carbons (Fsp3) is 0.120. The lowest BCUT2D eigenvalue weighted by molar-refractivity contribution is -0.00960. The van der Waals surface area contributed by atoms with Gasteiger partial charge in [-0.3, -0.25) is 19.2 Å². The molecule has 172 valence electrons. The van der Waals surface area contributed by atoms with Crippen molar-refractivity contribution in [2.75, 3.05) is 5.88 Å². The van der Waals surface area contributed by atoms with E-state index in [0.29, 0.717) is 5.01 Å². The van der Waals surface area contributed by atoms with E-state index in [1.54, 1.807) is 24.3 Å². The summed E-state index contributed by atoms with van der Waals surface area (Å²) >= 11 is 12.2. The predicted molar refractivity (Wildman–Crippen MR) is 124 cm³/mol. The third-order valence-corrected chi connectivity index (χ3v) is 5.96. The van der Waals surface area contributed by atoms with E-state index in [1.807, 2.05) is 0 Å². The average molecular weight is 499 g/mol. The van der Waals surface area contributed by atoms with Crippen LogP contribution in [-0.2, 0) is 0 Å². The molecular weight excluding hydrogens is 482 g/mol. The van der Waals surface area contributed by atoms with E-state index in [4.69, 9.17) is 23.2 Å². The Morgan fingerprint density at radius 2 is 1.44 bits per heavy atom. The summed E-state index contributed by atoms with van der Waals surface area (Å²) in [5.74, 6) is -3.56. The molecular formula is C25H17Cl2FN2O4. The Morgan fingerprint density at radius 3 is 2.00 bits per heavy atom. The van der Waals surface area contributed by atoms with E-state index >= 15 is 0 Å². The second-order valence-corrected chi connectivity index (χ2v) is 8.25. The molecule has 1 atom stereocenters. The number of nitrogens with zero attached hydrogens (tertiary/aromatic N) is 2. The van der Waals surface area contributed by atoms with Crippen LogP contribution in [0.1, 0.15) is 47.9 Å². The first-order chi connectivity index (χ1) is 16.3. The Labute approximate surface area is 204 Å². The number of carbonyl (C=O) groups is 4. The molecule has 0 fully saturated rings. The van der Waals surface area contributed by atoms with Gasteiger partial charge in [0.2, 0.25) is 0 Å². The summed E-state index contributed by atoms with van der Waals surface area (Å²) in [7, 11) is 0. The molecule has 0 radical (unpaired) electrons. The van der Waals surface area contributed by atoms with Crippen LogP contribution in [0, 0.1) is 5.82 Å². The van der Waals surface area contributed by atoms with Gasteiger partial charge in [-0.15, -0.1) is 11.6 Å². The predicted octanol–water partition coefficient (Wildman–Crippen LogP) is 5.01. The van der Waals surface area contributed by atoms with Crippen molar-refractivity contribution in [2.45, 2.75) is 12.5 Å².